The fourth-order valence-corrected chi connectivity index (χ4v) is 2.64. The molecule has 3 rings (SSSR count). The van der Waals surface area contributed by atoms with Gasteiger partial charge in [-0.15, -0.1) is 0 Å². The van der Waals surface area contributed by atoms with Crippen molar-refractivity contribution in [3.63, 3.8) is 0 Å². The lowest BCUT2D eigenvalue weighted by molar-refractivity contribution is 0.621. The molecule has 0 aliphatic rings. The summed E-state index contributed by atoms with van der Waals surface area (Å²) in [5.41, 5.74) is 2.55. The Hall–Kier alpha value is -1.47. The van der Waals surface area contributed by atoms with E-state index in [1.807, 2.05) is 17.7 Å². The van der Waals surface area contributed by atoms with Crippen LogP contribution in [0.2, 0.25) is 0 Å². The van der Waals surface area contributed by atoms with E-state index in [-0.39, 0.29) is 5.82 Å². The number of hydrogen-bond donors (Lipinski definition) is 1. The summed E-state index contributed by atoms with van der Waals surface area (Å²) in [7, 11) is 1.87. The molecular formula is C12H10BrFN4S. The Morgan fingerprint density at radius 1 is 1.47 bits per heavy atom. The molecule has 0 atom stereocenters. The maximum Gasteiger partial charge on any atom is 0.178 e. The lowest BCUT2D eigenvalue weighted by atomic mass is 10.3. The topological polar surface area (TPSA) is 38.5 Å². The van der Waals surface area contributed by atoms with Gasteiger partial charge in [0.1, 0.15) is 5.82 Å². The van der Waals surface area contributed by atoms with Gasteiger partial charge in [0.05, 0.1) is 27.7 Å². The molecule has 2 heterocycles. The van der Waals surface area contributed by atoms with Gasteiger partial charge >= 0.3 is 0 Å². The van der Waals surface area contributed by atoms with E-state index in [1.54, 1.807) is 16.9 Å². The number of fused-ring (bicyclic) bond motifs is 1. The van der Waals surface area contributed by atoms with Gasteiger partial charge < -0.3 is 9.55 Å². The summed E-state index contributed by atoms with van der Waals surface area (Å²) in [6, 6.07) is 5.08. The molecule has 0 fully saturated rings. The molecule has 0 radical (unpaired) electrons. The first-order valence-electron chi connectivity index (χ1n) is 5.60. The summed E-state index contributed by atoms with van der Waals surface area (Å²) in [4.78, 5) is 3.08. The Labute approximate surface area is 122 Å². The van der Waals surface area contributed by atoms with Crippen LogP contribution in [0, 0.1) is 10.6 Å². The van der Waals surface area contributed by atoms with Crippen LogP contribution >= 0.6 is 28.1 Å². The molecule has 0 aliphatic heterocycles. The Morgan fingerprint density at radius 2 is 2.26 bits per heavy atom. The number of halogens is 2. The third-order valence-corrected chi connectivity index (χ3v) is 3.99. The molecule has 98 valence electrons. The van der Waals surface area contributed by atoms with Crippen LogP contribution in [0.5, 0.6) is 0 Å². The smallest absolute Gasteiger partial charge is 0.178 e. The highest BCUT2D eigenvalue weighted by atomic mass is 79.9. The number of nitrogens with zero attached hydrogens (tertiary/aromatic N) is 3. The van der Waals surface area contributed by atoms with Crippen LogP contribution < -0.4 is 0 Å². The van der Waals surface area contributed by atoms with Gasteiger partial charge in [-0.1, -0.05) is 0 Å². The molecule has 4 nitrogen and oxygen atoms in total. The second kappa shape index (κ2) is 4.57. The molecule has 7 heteroatoms. The van der Waals surface area contributed by atoms with E-state index in [0.717, 1.165) is 16.7 Å². The van der Waals surface area contributed by atoms with Gasteiger partial charge in [-0.05, 0) is 40.3 Å². The quantitative estimate of drug-likeness (QED) is 0.726. The zero-order chi connectivity index (χ0) is 13.6. The van der Waals surface area contributed by atoms with Crippen LogP contribution in [0.3, 0.4) is 0 Å². The highest BCUT2D eigenvalue weighted by Gasteiger charge is 2.10. The summed E-state index contributed by atoms with van der Waals surface area (Å²) < 4.78 is 18.3. The molecule has 0 saturated carbocycles. The largest absolute Gasteiger partial charge is 0.331 e. The highest BCUT2D eigenvalue weighted by molar-refractivity contribution is 9.10. The fraction of sp³-hybridized carbons (Fsp3) is 0.167. The first kappa shape index (κ1) is 12.6. The second-order valence-electron chi connectivity index (χ2n) is 4.25. The minimum atomic E-state index is -0.305. The summed E-state index contributed by atoms with van der Waals surface area (Å²) in [6.45, 7) is 0.552. The molecule has 0 amide bonds. The van der Waals surface area contributed by atoms with Crippen LogP contribution in [0.1, 0.15) is 5.69 Å². The first-order chi connectivity index (χ1) is 9.06. The standard InChI is InChI=1S/C12H10BrFN4S/c1-17-7(2-3-15-17)6-18-11-5-9(14)8(13)4-10(11)16-12(18)19/h2-5H,6H2,1H3,(H,16,19). The monoisotopic (exact) mass is 340 g/mol. The lowest BCUT2D eigenvalue weighted by Gasteiger charge is -2.05. The zero-order valence-corrected chi connectivity index (χ0v) is 12.4. The normalized spacial score (nSPS) is 11.3. The SMILES string of the molecule is Cn1nccc1Cn1c(=S)[nH]c2cc(Br)c(F)cc21. The Kier molecular flexibility index (Phi) is 3.02. The number of aryl methyl sites for hydroxylation is 1. The molecular weight excluding hydrogens is 331 g/mol. The Morgan fingerprint density at radius 3 is 2.95 bits per heavy atom. The number of H-pyrrole nitrogens is 1. The molecule has 0 spiro atoms. The fourth-order valence-electron chi connectivity index (χ4n) is 2.03. The van der Waals surface area contributed by atoms with Gasteiger partial charge in [-0.25, -0.2) is 4.39 Å². The van der Waals surface area contributed by atoms with Crippen molar-refractivity contribution in [3.05, 3.63) is 45.2 Å². The van der Waals surface area contributed by atoms with E-state index in [9.17, 15) is 4.39 Å². The Balaban J connectivity index is 2.18. The number of nitrogens with one attached hydrogen (secondary N) is 1. The third kappa shape index (κ3) is 2.12. The number of aromatic nitrogens is 4. The van der Waals surface area contributed by atoms with Crippen molar-refractivity contribution in [2.45, 2.75) is 6.54 Å². The van der Waals surface area contributed by atoms with E-state index in [4.69, 9.17) is 12.2 Å². The predicted molar refractivity (Wildman–Crippen MR) is 77.1 cm³/mol. The van der Waals surface area contributed by atoms with Gasteiger partial charge in [0.15, 0.2) is 4.77 Å². The summed E-state index contributed by atoms with van der Waals surface area (Å²) >= 11 is 8.47. The number of aromatic amines is 1. The van der Waals surface area contributed by atoms with Crippen molar-refractivity contribution in [2.75, 3.05) is 0 Å². The summed E-state index contributed by atoms with van der Waals surface area (Å²) in [5.74, 6) is -0.305. The average molecular weight is 341 g/mol. The van der Waals surface area contributed by atoms with Gasteiger partial charge in [0.2, 0.25) is 0 Å². The molecule has 0 bridgehead atoms. The van der Waals surface area contributed by atoms with Crippen molar-refractivity contribution in [1.29, 1.82) is 0 Å². The minimum Gasteiger partial charge on any atom is -0.331 e. The number of rotatable bonds is 2. The van der Waals surface area contributed by atoms with Crippen LogP contribution in [0.25, 0.3) is 11.0 Å². The molecule has 3 aromatic rings. The summed E-state index contributed by atoms with van der Waals surface area (Å²) in [6.07, 6.45) is 1.73. The van der Waals surface area contributed by atoms with E-state index in [2.05, 4.69) is 26.0 Å². The maximum atomic E-state index is 13.7. The average Bonchev–Trinajstić information content (AvgIpc) is 2.88. The number of benzene rings is 1. The van der Waals surface area contributed by atoms with Gasteiger partial charge in [-0.3, -0.25) is 4.68 Å². The number of imidazole rings is 1. The van der Waals surface area contributed by atoms with Gasteiger partial charge in [-0.2, -0.15) is 5.10 Å². The molecule has 0 aliphatic carbocycles. The van der Waals surface area contributed by atoms with Crippen molar-refractivity contribution >= 4 is 39.2 Å². The van der Waals surface area contributed by atoms with Crippen molar-refractivity contribution in [3.8, 4) is 0 Å². The zero-order valence-electron chi connectivity index (χ0n) is 10.0. The molecule has 2 aromatic heterocycles. The second-order valence-corrected chi connectivity index (χ2v) is 5.49. The highest BCUT2D eigenvalue weighted by Crippen LogP contribution is 2.23. The lowest BCUT2D eigenvalue weighted by Crippen LogP contribution is -2.05. The summed E-state index contributed by atoms with van der Waals surface area (Å²) in [5, 5.41) is 4.12. The van der Waals surface area contributed by atoms with E-state index < -0.39 is 0 Å². The van der Waals surface area contributed by atoms with E-state index in [1.165, 1.54) is 6.07 Å². The number of hydrogen-bond acceptors (Lipinski definition) is 2. The van der Waals surface area contributed by atoms with E-state index in [0.29, 0.717) is 15.8 Å². The molecule has 0 unspecified atom stereocenters. The maximum absolute atomic E-state index is 13.7. The third-order valence-electron chi connectivity index (χ3n) is 3.06. The van der Waals surface area contributed by atoms with Gasteiger partial charge in [0.25, 0.3) is 0 Å². The molecule has 19 heavy (non-hydrogen) atoms. The van der Waals surface area contributed by atoms with Crippen LogP contribution in [-0.4, -0.2) is 19.3 Å². The Bertz CT molecular complexity index is 817. The molecule has 1 aromatic carbocycles. The minimum absolute atomic E-state index is 0.305. The van der Waals surface area contributed by atoms with Crippen LogP contribution in [-0.2, 0) is 13.6 Å². The van der Waals surface area contributed by atoms with Crippen LogP contribution in [0.4, 0.5) is 4.39 Å². The predicted octanol–water partition coefficient (Wildman–Crippen LogP) is 3.38. The first-order valence-corrected chi connectivity index (χ1v) is 6.81. The van der Waals surface area contributed by atoms with Crippen molar-refractivity contribution < 1.29 is 4.39 Å². The van der Waals surface area contributed by atoms with Crippen molar-refractivity contribution in [1.82, 2.24) is 19.3 Å². The van der Waals surface area contributed by atoms with E-state index >= 15 is 0 Å². The van der Waals surface area contributed by atoms with Gasteiger partial charge in [0, 0.05) is 19.3 Å². The van der Waals surface area contributed by atoms with Crippen LogP contribution in [0.15, 0.2) is 28.9 Å². The molecule has 0 saturated heterocycles. The molecule has 1 N–H and O–H groups in total. The van der Waals surface area contributed by atoms with Crippen molar-refractivity contribution in [2.24, 2.45) is 7.05 Å².